The second-order valence-corrected chi connectivity index (χ2v) is 4.16. The van der Waals surface area contributed by atoms with E-state index in [0.717, 1.165) is 17.5 Å². The molecular weight excluding hydrogens is 233 g/mol. The normalized spacial score (nSPS) is 12.7. The van der Waals surface area contributed by atoms with E-state index in [1.807, 2.05) is 20.9 Å². The number of rotatable bonds is 4. The molecule has 1 unspecified atom stereocenters. The molecule has 5 heteroatoms. The number of hydrogen-bond donors (Lipinski definition) is 1. The van der Waals surface area contributed by atoms with Crippen molar-refractivity contribution in [2.24, 2.45) is 0 Å². The van der Waals surface area contributed by atoms with Crippen LogP contribution in [-0.2, 0) is 0 Å². The molecule has 1 N–H and O–H groups in total. The molecule has 0 bridgehead atoms. The molecule has 1 heterocycles. The molecular formula is C13H16FN3O. The maximum absolute atomic E-state index is 13.0. The smallest absolute Gasteiger partial charge is 0.244 e. The highest BCUT2D eigenvalue weighted by molar-refractivity contribution is 5.59. The van der Waals surface area contributed by atoms with Gasteiger partial charge in [-0.2, -0.15) is 4.98 Å². The minimum atomic E-state index is -0.262. The summed E-state index contributed by atoms with van der Waals surface area (Å²) in [5.74, 6) is 0.788. The van der Waals surface area contributed by atoms with Gasteiger partial charge in [-0.3, -0.25) is 0 Å². The molecule has 0 saturated heterocycles. The third-order valence-corrected chi connectivity index (χ3v) is 2.93. The first-order valence-electron chi connectivity index (χ1n) is 5.93. The highest BCUT2D eigenvalue weighted by Crippen LogP contribution is 2.23. The van der Waals surface area contributed by atoms with Gasteiger partial charge in [0.1, 0.15) is 5.82 Å². The highest BCUT2D eigenvalue weighted by atomic mass is 19.1. The summed E-state index contributed by atoms with van der Waals surface area (Å²) in [6, 6.07) is 4.57. The third-order valence-electron chi connectivity index (χ3n) is 2.93. The van der Waals surface area contributed by atoms with Gasteiger partial charge < -0.3 is 9.84 Å². The number of hydrogen-bond acceptors (Lipinski definition) is 4. The van der Waals surface area contributed by atoms with Crippen LogP contribution in [0.3, 0.4) is 0 Å². The quantitative estimate of drug-likeness (QED) is 0.905. The van der Waals surface area contributed by atoms with Gasteiger partial charge >= 0.3 is 0 Å². The van der Waals surface area contributed by atoms with Crippen LogP contribution in [0, 0.1) is 12.7 Å². The van der Waals surface area contributed by atoms with Crippen LogP contribution in [-0.4, -0.2) is 17.2 Å². The van der Waals surface area contributed by atoms with Crippen LogP contribution in [0.15, 0.2) is 22.7 Å². The van der Waals surface area contributed by atoms with Gasteiger partial charge in [0.05, 0.1) is 6.04 Å². The van der Waals surface area contributed by atoms with E-state index in [2.05, 4.69) is 15.5 Å². The molecule has 96 valence electrons. The van der Waals surface area contributed by atoms with Crippen molar-refractivity contribution in [1.82, 2.24) is 15.5 Å². The number of nitrogens with one attached hydrogen (secondary N) is 1. The summed E-state index contributed by atoms with van der Waals surface area (Å²) >= 11 is 0. The van der Waals surface area contributed by atoms with Crippen molar-refractivity contribution >= 4 is 0 Å². The summed E-state index contributed by atoms with van der Waals surface area (Å²) in [6.45, 7) is 3.86. The molecule has 1 aromatic carbocycles. The minimum Gasteiger partial charge on any atom is -0.337 e. The highest BCUT2D eigenvalue weighted by Gasteiger charge is 2.17. The van der Waals surface area contributed by atoms with E-state index in [-0.39, 0.29) is 11.9 Å². The zero-order valence-corrected chi connectivity index (χ0v) is 10.7. The van der Waals surface area contributed by atoms with E-state index in [1.54, 1.807) is 6.07 Å². The maximum atomic E-state index is 13.0. The van der Waals surface area contributed by atoms with Crippen LogP contribution in [0.5, 0.6) is 0 Å². The van der Waals surface area contributed by atoms with E-state index >= 15 is 0 Å². The van der Waals surface area contributed by atoms with Gasteiger partial charge in [0.15, 0.2) is 0 Å². The average Bonchev–Trinajstić information content (AvgIpc) is 2.80. The van der Waals surface area contributed by atoms with Crippen molar-refractivity contribution in [2.45, 2.75) is 26.3 Å². The Morgan fingerprint density at radius 3 is 2.83 bits per heavy atom. The zero-order valence-electron chi connectivity index (χ0n) is 10.7. The standard InChI is InChI=1S/C13H16FN3O/c1-4-11(15-3)13-16-12(17-18-13)10-6-5-9(14)7-8(10)2/h5-7,11,15H,4H2,1-3H3. The van der Waals surface area contributed by atoms with Gasteiger partial charge in [-0.05, 0) is 44.2 Å². The fraction of sp³-hybridized carbons (Fsp3) is 0.385. The van der Waals surface area contributed by atoms with Gasteiger partial charge in [-0.15, -0.1) is 0 Å². The Kier molecular flexibility index (Phi) is 3.72. The summed E-state index contributed by atoms with van der Waals surface area (Å²) in [4.78, 5) is 4.35. The molecule has 2 aromatic rings. The number of nitrogens with zero attached hydrogens (tertiary/aromatic N) is 2. The SMILES string of the molecule is CCC(NC)c1nc(-c2ccc(F)cc2C)no1. The van der Waals surface area contributed by atoms with E-state index in [4.69, 9.17) is 4.52 Å². The molecule has 1 aromatic heterocycles. The summed E-state index contributed by atoms with van der Waals surface area (Å²) in [7, 11) is 1.85. The zero-order chi connectivity index (χ0) is 13.1. The first kappa shape index (κ1) is 12.7. The molecule has 0 fully saturated rings. The second kappa shape index (κ2) is 5.27. The molecule has 2 rings (SSSR count). The van der Waals surface area contributed by atoms with Crippen molar-refractivity contribution in [2.75, 3.05) is 7.05 Å². The fourth-order valence-corrected chi connectivity index (χ4v) is 1.87. The van der Waals surface area contributed by atoms with Crippen LogP contribution >= 0.6 is 0 Å². The second-order valence-electron chi connectivity index (χ2n) is 4.16. The van der Waals surface area contributed by atoms with E-state index in [0.29, 0.717) is 11.7 Å². The molecule has 0 amide bonds. The molecule has 18 heavy (non-hydrogen) atoms. The Balaban J connectivity index is 2.34. The Morgan fingerprint density at radius 1 is 1.44 bits per heavy atom. The van der Waals surface area contributed by atoms with Gasteiger partial charge in [0.2, 0.25) is 11.7 Å². The predicted octanol–water partition coefficient (Wildman–Crippen LogP) is 2.85. The molecule has 0 aliphatic carbocycles. The first-order valence-corrected chi connectivity index (χ1v) is 5.93. The lowest BCUT2D eigenvalue weighted by molar-refractivity contribution is 0.334. The van der Waals surface area contributed by atoms with E-state index in [1.165, 1.54) is 12.1 Å². The summed E-state index contributed by atoms with van der Waals surface area (Å²) < 4.78 is 18.3. The molecule has 0 radical (unpaired) electrons. The van der Waals surface area contributed by atoms with Crippen molar-refractivity contribution in [3.63, 3.8) is 0 Å². The number of aromatic nitrogens is 2. The Labute approximate surface area is 105 Å². The fourth-order valence-electron chi connectivity index (χ4n) is 1.87. The summed E-state index contributed by atoms with van der Waals surface area (Å²) in [5.41, 5.74) is 1.58. The van der Waals surface area contributed by atoms with Crippen molar-refractivity contribution in [3.8, 4) is 11.4 Å². The Morgan fingerprint density at radius 2 is 2.22 bits per heavy atom. The average molecular weight is 249 g/mol. The minimum absolute atomic E-state index is 0.0482. The molecule has 0 spiro atoms. The molecule has 4 nitrogen and oxygen atoms in total. The molecule has 0 aliphatic rings. The monoisotopic (exact) mass is 249 g/mol. The largest absolute Gasteiger partial charge is 0.337 e. The van der Waals surface area contributed by atoms with Gasteiger partial charge in [0.25, 0.3) is 0 Å². The molecule has 0 saturated carbocycles. The van der Waals surface area contributed by atoms with Crippen LogP contribution in [0.2, 0.25) is 0 Å². The van der Waals surface area contributed by atoms with Gasteiger partial charge in [-0.25, -0.2) is 4.39 Å². The van der Waals surface area contributed by atoms with Crippen molar-refractivity contribution in [3.05, 3.63) is 35.5 Å². The van der Waals surface area contributed by atoms with Gasteiger partial charge in [-0.1, -0.05) is 12.1 Å². The van der Waals surface area contributed by atoms with Gasteiger partial charge in [0, 0.05) is 5.56 Å². The van der Waals surface area contributed by atoms with Crippen LogP contribution in [0.4, 0.5) is 4.39 Å². The van der Waals surface area contributed by atoms with E-state index < -0.39 is 0 Å². The first-order chi connectivity index (χ1) is 8.65. The van der Waals surface area contributed by atoms with Crippen LogP contribution in [0.25, 0.3) is 11.4 Å². The lowest BCUT2D eigenvalue weighted by Gasteiger charge is -2.06. The number of benzene rings is 1. The van der Waals surface area contributed by atoms with Crippen LogP contribution in [0.1, 0.15) is 30.8 Å². The molecule has 0 aliphatic heterocycles. The number of halogens is 1. The summed E-state index contributed by atoms with van der Waals surface area (Å²) in [5, 5.41) is 7.05. The van der Waals surface area contributed by atoms with Crippen molar-refractivity contribution in [1.29, 1.82) is 0 Å². The molecule has 1 atom stereocenters. The number of aryl methyl sites for hydroxylation is 1. The third kappa shape index (κ3) is 2.41. The Hall–Kier alpha value is -1.75. The Bertz CT molecular complexity index is 535. The van der Waals surface area contributed by atoms with E-state index in [9.17, 15) is 4.39 Å². The lowest BCUT2D eigenvalue weighted by Crippen LogP contribution is -2.15. The van der Waals surface area contributed by atoms with Crippen LogP contribution < -0.4 is 5.32 Å². The van der Waals surface area contributed by atoms with Crippen molar-refractivity contribution < 1.29 is 8.91 Å². The summed E-state index contributed by atoms with van der Waals surface area (Å²) in [6.07, 6.45) is 0.862. The maximum Gasteiger partial charge on any atom is 0.244 e. The predicted molar refractivity (Wildman–Crippen MR) is 66.5 cm³/mol. The topological polar surface area (TPSA) is 51.0 Å². The lowest BCUT2D eigenvalue weighted by atomic mass is 10.1.